The van der Waals surface area contributed by atoms with E-state index in [-0.39, 0.29) is 16.2 Å². The number of benzene rings is 1. The Kier molecular flexibility index (Phi) is 4.46. The molecule has 2 nitrogen and oxygen atoms in total. The van der Waals surface area contributed by atoms with Crippen molar-refractivity contribution in [2.75, 3.05) is 11.9 Å². The third-order valence-corrected chi connectivity index (χ3v) is 2.66. The zero-order chi connectivity index (χ0) is 13.1. The van der Waals surface area contributed by atoms with Gasteiger partial charge in [0.15, 0.2) is 0 Å². The fourth-order valence-electron chi connectivity index (χ4n) is 1.41. The Morgan fingerprint density at radius 1 is 1.41 bits per heavy atom. The smallest absolute Gasteiger partial charge is 0.135 e. The van der Waals surface area contributed by atoms with Crippen LogP contribution in [0.25, 0.3) is 0 Å². The Morgan fingerprint density at radius 3 is 2.53 bits per heavy atom. The van der Waals surface area contributed by atoms with E-state index in [4.69, 9.17) is 18.0 Å². The van der Waals surface area contributed by atoms with Crippen LogP contribution in [0.5, 0.6) is 0 Å². The zero-order valence-corrected chi connectivity index (χ0v) is 11.3. The maximum atomic E-state index is 13.6. The first kappa shape index (κ1) is 13.9. The van der Waals surface area contributed by atoms with Crippen molar-refractivity contribution in [1.29, 1.82) is 0 Å². The largest absolute Gasteiger partial charge is 0.389 e. The van der Waals surface area contributed by atoms with Gasteiger partial charge < -0.3 is 11.1 Å². The van der Waals surface area contributed by atoms with Crippen molar-refractivity contribution in [1.82, 2.24) is 0 Å². The van der Waals surface area contributed by atoms with E-state index in [0.717, 1.165) is 18.7 Å². The van der Waals surface area contributed by atoms with Gasteiger partial charge in [0.05, 0.1) is 0 Å². The van der Waals surface area contributed by atoms with Crippen LogP contribution in [0, 0.1) is 11.2 Å². The summed E-state index contributed by atoms with van der Waals surface area (Å²) in [5, 5.41) is 3.18. The standard InChI is InChI=1S/C13H19FN2S/c1-13(2,3)6-7-16-9-4-5-10(12(15)17)11(14)8-9/h4-5,8,16H,6-7H2,1-3H3,(H2,15,17). The lowest BCUT2D eigenvalue weighted by molar-refractivity contribution is 0.390. The molecule has 0 aliphatic carbocycles. The van der Waals surface area contributed by atoms with Gasteiger partial charge in [0.2, 0.25) is 0 Å². The summed E-state index contributed by atoms with van der Waals surface area (Å²) in [6.45, 7) is 7.33. The van der Waals surface area contributed by atoms with Crippen molar-refractivity contribution in [3.63, 3.8) is 0 Å². The van der Waals surface area contributed by atoms with Crippen LogP contribution in [-0.2, 0) is 0 Å². The minimum Gasteiger partial charge on any atom is -0.389 e. The van der Waals surface area contributed by atoms with Crippen molar-refractivity contribution in [2.45, 2.75) is 27.2 Å². The lowest BCUT2D eigenvalue weighted by Crippen LogP contribution is -2.14. The van der Waals surface area contributed by atoms with Crippen LogP contribution in [-0.4, -0.2) is 11.5 Å². The maximum absolute atomic E-state index is 13.6. The van der Waals surface area contributed by atoms with E-state index >= 15 is 0 Å². The molecule has 1 rings (SSSR count). The highest BCUT2D eigenvalue weighted by Crippen LogP contribution is 2.19. The minimum absolute atomic E-state index is 0.0868. The van der Waals surface area contributed by atoms with Crippen LogP contribution in [0.2, 0.25) is 0 Å². The number of hydrogen-bond donors (Lipinski definition) is 2. The Balaban J connectivity index is 2.62. The highest BCUT2D eigenvalue weighted by molar-refractivity contribution is 7.80. The van der Waals surface area contributed by atoms with Crippen molar-refractivity contribution < 1.29 is 4.39 Å². The van der Waals surface area contributed by atoms with Crippen molar-refractivity contribution in [3.05, 3.63) is 29.6 Å². The summed E-state index contributed by atoms with van der Waals surface area (Å²) in [4.78, 5) is 0.0868. The molecule has 0 aliphatic heterocycles. The quantitative estimate of drug-likeness (QED) is 0.810. The number of rotatable bonds is 4. The molecule has 94 valence electrons. The third kappa shape index (κ3) is 4.69. The molecule has 0 fully saturated rings. The normalized spacial score (nSPS) is 11.3. The molecule has 1 aromatic rings. The molecule has 0 unspecified atom stereocenters. The monoisotopic (exact) mass is 254 g/mol. The van der Waals surface area contributed by atoms with Crippen molar-refractivity contribution in [3.8, 4) is 0 Å². The highest BCUT2D eigenvalue weighted by atomic mass is 32.1. The van der Waals surface area contributed by atoms with E-state index in [9.17, 15) is 4.39 Å². The molecule has 0 aromatic heterocycles. The maximum Gasteiger partial charge on any atom is 0.135 e. The molecule has 0 heterocycles. The number of hydrogen-bond acceptors (Lipinski definition) is 2. The van der Waals surface area contributed by atoms with Gasteiger partial charge in [-0.1, -0.05) is 33.0 Å². The molecule has 3 N–H and O–H groups in total. The van der Waals surface area contributed by atoms with Gasteiger partial charge in [-0.05, 0) is 30.0 Å². The number of anilines is 1. The van der Waals surface area contributed by atoms with Gasteiger partial charge in [-0.25, -0.2) is 4.39 Å². The van der Waals surface area contributed by atoms with E-state index in [1.165, 1.54) is 6.07 Å². The van der Waals surface area contributed by atoms with Gasteiger partial charge in [0.25, 0.3) is 0 Å². The first-order chi connectivity index (χ1) is 7.79. The van der Waals surface area contributed by atoms with Crippen molar-refractivity contribution >= 4 is 22.9 Å². The summed E-state index contributed by atoms with van der Waals surface area (Å²) in [5.41, 5.74) is 6.71. The topological polar surface area (TPSA) is 38.0 Å². The molecular weight excluding hydrogens is 235 g/mol. The fraction of sp³-hybridized carbons (Fsp3) is 0.462. The zero-order valence-electron chi connectivity index (χ0n) is 10.5. The first-order valence-electron chi connectivity index (χ1n) is 5.63. The summed E-state index contributed by atoms with van der Waals surface area (Å²) in [6, 6.07) is 4.83. The van der Waals surface area contributed by atoms with Gasteiger partial charge in [0, 0.05) is 17.8 Å². The lowest BCUT2D eigenvalue weighted by atomic mass is 9.92. The number of thiocarbonyl (C=S) groups is 1. The van der Waals surface area contributed by atoms with Crippen LogP contribution >= 0.6 is 12.2 Å². The lowest BCUT2D eigenvalue weighted by Gasteiger charge is -2.18. The number of nitrogens with one attached hydrogen (secondary N) is 1. The molecule has 0 saturated carbocycles. The van der Waals surface area contributed by atoms with Crippen LogP contribution in [0.1, 0.15) is 32.8 Å². The average Bonchev–Trinajstić information content (AvgIpc) is 2.15. The Hall–Kier alpha value is -1.16. The second-order valence-electron chi connectivity index (χ2n) is 5.30. The summed E-state index contributed by atoms with van der Waals surface area (Å²) in [5.74, 6) is -0.377. The van der Waals surface area contributed by atoms with E-state index in [0.29, 0.717) is 5.56 Å². The van der Waals surface area contributed by atoms with Crippen LogP contribution < -0.4 is 11.1 Å². The van der Waals surface area contributed by atoms with Gasteiger partial charge in [-0.2, -0.15) is 0 Å². The van der Waals surface area contributed by atoms with Gasteiger partial charge in [-0.15, -0.1) is 0 Å². The molecule has 0 saturated heterocycles. The first-order valence-corrected chi connectivity index (χ1v) is 6.04. The molecule has 4 heteroatoms. The molecule has 0 spiro atoms. The highest BCUT2D eigenvalue weighted by Gasteiger charge is 2.10. The van der Waals surface area contributed by atoms with Crippen LogP contribution in [0.15, 0.2) is 18.2 Å². The average molecular weight is 254 g/mol. The molecular formula is C13H19FN2S. The third-order valence-electron chi connectivity index (χ3n) is 2.44. The summed E-state index contributed by atoms with van der Waals surface area (Å²) >= 11 is 4.75. The Bertz CT molecular complexity index is 410. The van der Waals surface area contributed by atoms with E-state index in [1.807, 2.05) is 0 Å². The Morgan fingerprint density at radius 2 is 2.06 bits per heavy atom. The van der Waals surface area contributed by atoms with E-state index in [1.54, 1.807) is 12.1 Å². The summed E-state index contributed by atoms with van der Waals surface area (Å²) < 4.78 is 13.6. The van der Waals surface area contributed by atoms with Gasteiger partial charge in [-0.3, -0.25) is 0 Å². The second-order valence-corrected chi connectivity index (χ2v) is 5.74. The number of nitrogens with two attached hydrogens (primary N) is 1. The van der Waals surface area contributed by atoms with Crippen molar-refractivity contribution in [2.24, 2.45) is 11.1 Å². The van der Waals surface area contributed by atoms with Crippen LogP contribution in [0.3, 0.4) is 0 Å². The molecule has 17 heavy (non-hydrogen) atoms. The Labute approximate surface area is 107 Å². The second kappa shape index (κ2) is 5.45. The minimum atomic E-state index is -0.377. The van der Waals surface area contributed by atoms with Gasteiger partial charge in [0.1, 0.15) is 10.8 Å². The van der Waals surface area contributed by atoms with E-state index < -0.39 is 0 Å². The summed E-state index contributed by atoms with van der Waals surface area (Å²) in [6.07, 6.45) is 1.02. The molecule has 1 aromatic carbocycles. The predicted octanol–water partition coefficient (Wildman–Crippen LogP) is 3.31. The van der Waals surface area contributed by atoms with Gasteiger partial charge >= 0.3 is 0 Å². The molecule has 0 aliphatic rings. The SMILES string of the molecule is CC(C)(C)CCNc1ccc(C(N)=S)c(F)c1. The number of halogens is 1. The fourth-order valence-corrected chi connectivity index (χ4v) is 1.57. The summed E-state index contributed by atoms with van der Waals surface area (Å²) in [7, 11) is 0. The van der Waals surface area contributed by atoms with E-state index in [2.05, 4.69) is 26.1 Å². The molecule has 0 radical (unpaired) electrons. The van der Waals surface area contributed by atoms with Crippen LogP contribution in [0.4, 0.5) is 10.1 Å². The predicted molar refractivity (Wildman–Crippen MR) is 74.8 cm³/mol. The molecule has 0 bridgehead atoms. The molecule has 0 atom stereocenters. The molecule has 0 amide bonds.